The number of rotatable bonds is 4. The van der Waals surface area contributed by atoms with E-state index in [2.05, 4.69) is 11.1 Å². The highest BCUT2D eigenvalue weighted by molar-refractivity contribution is 6.31. The lowest BCUT2D eigenvalue weighted by molar-refractivity contribution is -0.143. The highest BCUT2D eigenvalue weighted by Gasteiger charge is 2.31. The molecule has 27 heavy (non-hydrogen) atoms. The van der Waals surface area contributed by atoms with Crippen molar-refractivity contribution >= 4 is 17.5 Å². The Morgan fingerprint density at radius 3 is 2.74 bits per heavy atom. The lowest BCUT2D eigenvalue weighted by Gasteiger charge is -2.34. The van der Waals surface area contributed by atoms with Crippen molar-refractivity contribution in [3.8, 4) is 0 Å². The van der Waals surface area contributed by atoms with Crippen LogP contribution >= 0.6 is 11.6 Å². The molecule has 4 nitrogen and oxygen atoms in total. The second-order valence-corrected chi connectivity index (χ2v) is 7.89. The Morgan fingerprint density at radius 1 is 1.19 bits per heavy atom. The Hall–Kier alpha value is -1.91. The van der Waals surface area contributed by atoms with Crippen LogP contribution < -0.4 is 0 Å². The summed E-state index contributed by atoms with van der Waals surface area (Å²) in [5.41, 5.74) is 3.10. The fourth-order valence-corrected chi connectivity index (χ4v) is 4.25. The van der Waals surface area contributed by atoms with E-state index in [-0.39, 0.29) is 12.0 Å². The van der Waals surface area contributed by atoms with Gasteiger partial charge in [0.2, 0.25) is 5.91 Å². The van der Waals surface area contributed by atoms with Crippen LogP contribution in [0.4, 0.5) is 0 Å². The van der Waals surface area contributed by atoms with Crippen molar-refractivity contribution in [1.29, 1.82) is 0 Å². The summed E-state index contributed by atoms with van der Waals surface area (Å²) in [5.74, 6) is 0.519. The van der Waals surface area contributed by atoms with E-state index in [4.69, 9.17) is 16.3 Å². The normalized spacial score (nSPS) is 20.8. The highest BCUT2D eigenvalue weighted by atomic mass is 35.5. The average molecular weight is 385 g/mol. The summed E-state index contributed by atoms with van der Waals surface area (Å²) in [5, 5.41) is 0.776. The minimum atomic E-state index is -0.140. The van der Waals surface area contributed by atoms with Gasteiger partial charge in [-0.3, -0.25) is 9.78 Å². The van der Waals surface area contributed by atoms with Gasteiger partial charge >= 0.3 is 0 Å². The third-order valence-electron chi connectivity index (χ3n) is 5.61. The Morgan fingerprint density at radius 2 is 2.00 bits per heavy atom. The molecule has 1 atom stereocenters. The number of pyridine rings is 1. The van der Waals surface area contributed by atoms with E-state index in [0.717, 1.165) is 41.1 Å². The number of carbonyl (C=O) groups is 1. The van der Waals surface area contributed by atoms with Crippen molar-refractivity contribution in [2.45, 2.75) is 38.2 Å². The van der Waals surface area contributed by atoms with Crippen molar-refractivity contribution in [2.75, 3.05) is 19.7 Å². The molecular weight excluding hydrogens is 360 g/mol. The van der Waals surface area contributed by atoms with Gasteiger partial charge in [0.25, 0.3) is 0 Å². The molecule has 0 radical (unpaired) electrons. The SMILES string of the molecule is O=C(C1CCCC1)N1CCO[C@@H](c2ccc(Cc3ccccc3Cl)cn2)C1. The standard InChI is InChI=1S/C22H25ClN2O2/c23-19-8-4-3-7-18(19)13-16-9-10-20(24-14-16)21-15-25(11-12-27-21)22(26)17-5-1-2-6-17/h3-4,7-10,14,17,21H,1-2,5-6,11-13,15H2/t21-/m1/s1. The number of ether oxygens (including phenoxy) is 1. The zero-order chi connectivity index (χ0) is 18.6. The molecule has 1 saturated heterocycles. The molecule has 1 aromatic heterocycles. The third-order valence-corrected chi connectivity index (χ3v) is 5.98. The van der Waals surface area contributed by atoms with Crippen LogP contribution in [0.2, 0.25) is 5.02 Å². The van der Waals surface area contributed by atoms with Crippen LogP contribution in [0.15, 0.2) is 42.6 Å². The summed E-state index contributed by atoms with van der Waals surface area (Å²) < 4.78 is 5.91. The predicted molar refractivity (Wildman–Crippen MR) is 106 cm³/mol. The summed E-state index contributed by atoms with van der Waals surface area (Å²) in [6.45, 7) is 1.87. The van der Waals surface area contributed by atoms with Crippen LogP contribution in [0.3, 0.4) is 0 Å². The summed E-state index contributed by atoms with van der Waals surface area (Å²) >= 11 is 6.25. The molecule has 1 amide bonds. The van der Waals surface area contributed by atoms with Crippen LogP contribution in [0.1, 0.15) is 48.6 Å². The van der Waals surface area contributed by atoms with Crippen LogP contribution in [-0.2, 0) is 16.0 Å². The number of halogens is 1. The zero-order valence-electron chi connectivity index (χ0n) is 15.4. The first-order valence-electron chi connectivity index (χ1n) is 9.79. The summed E-state index contributed by atoms with van der Waals surface area (Å²) in [4.78, 5) is 19.3. The number of hydrogen-bond donors (Lipinski definition) is 0. The minimum absolute atomic E-state index is 0.140. The Balaban J connectivity index is 1.40. The summed E-state index contributed by atoms with van der Waals surface area (Å²) in [6, 6.07) is 12.0. The van der Waals surface area contributed by atoms with E-state index in [1.54, 1.807) is 0 Å². The second-order valence-electron chi connectivity index (χ2n) is 7.48. The Labute approximate surface area is 165 Å². The Kier molecular flexibility index (Phi) is 5.74. The van der Waals surface area contributed by atoms with E-state index in [1.165, 1.54) is 12.8 Å². The van der Waals surface area contributed by atoms with Crippen LogP contribution in [0, 0.1) is 5.92 Å². The van der Waals surface area contributed by atoms with Gasteiger partial charge in [-0.1, -0.05) is 48.7 Å². The number of benzene rings is 1. The van der Waals surface area contributed by atoms with Gasteiger partial charge in [0.1, 0.15) is 6.10 Å². The molecule has 142 valence electrons. The maximum absolute atomic E-state index is 12.7. The average Bonchev–Trinajstić information content (AvgIpc) is 3.25. The van der Waals surface area contributed by atoms with E-state index in [1.807, 2.05) is 41.4 Å². The molecule has 0 N–H and O–H groups in total. The molecule has 0 bridgehead atoms. The zero-order valence-corrected chi connectivity index (χ0v) is 16.2. The number of nitrogens with zero attached hydrogens (tertiary/aromatic N) is 2. The molecule has 2 heterocycles. The molecule has 1 aromatic carbocycles. The lowest BCUT2D eigenvalue weighted by atomic mass is 10.0. The lowest BCUT2D eigenvalue weighted by Crippen LogP contribution is -2.44. The molecule has 1 aliphatic carbocycles. The van der Waals surface area contributed by atoms with Gasteiger partial charge in [-0.25, -0.2) is 0 Å². The van der Waals surface area contributed by atoms with Gasteiger partial charge in [0, 0.05) is 30.1 Å². The minimum Gasteiger partial charge on any atom is -0.368 e. The second kappa shape index (κ2) is 8.41. The fraction of sp³-hybridized carbons (Fsp3) is 0.455. The summed E-state index contributed by atoms with van der Waals surface area (Å²) in [6.07, 6.45) is 6.94. The Bertz CT molecular complexity index is 787. The van der Waals surface area contributed by atoms with Crippen molar-refractivity contribution in [3.63, 3.8) is 0 Å². The van der Waals surface area contributed by atoms with Crippen molar-refractivity contribution < 1.29 is 9.53 Å². The van der Waals surface area contributed by atoms with Crippen molar-refractivity contribution in [3.05, 3.63) is 64.4 Å². The van der Waals surface area contributed by atoms with Crippen molar-refractivity contribution in [1.82, 2.24) is 9.88 Å². The predicted octanol–water partition coefficient (Wildman–Crippen LogP) is 4.42. The van der Waals surface area contributed by atoms with Gasteiger partial charge in [-0.2, -0.15) is 0 Å². The highest BCUT2D eigenvalue weighted by Crippen LogP contribution is 2.29. The quantitative estimate of drug-likeness (QED) is 0.783. The van der Waals surface area contributed by atoms with E-state index < -0.39 is 0 Å². The smallest absolute Gasteiger partial charge is 0.225 e. The van der Waals surface area contributed by atoms with Gasteiger partial charge in [-0.05, 0) is 36.1 Å². The van der Waals surface area contributed by atoms with Crippen LogP contribution in [-0.4, -0.2) is 35.5 Å². The third kappa shape index (κ3) is 4.33. The molecule has 2 fully saturated rings. The first-order chi connectivity index (χ1) is 13.2. The number of morpholine rings is 1. The molecule has 1 aliphatic heterocycles. The number of hydrogen-bond acceptors (Lipinski definition) is 3. The maximum Gasteiger partial charge on any atom is 0.225 e. The van der Waals surface area contributed by atoms with Gasteiger partial charge in [0.15, 0.2) is 0 Å². The largest absolute Gasteiger partial charge is 0.368 e. The monoisotopic (exact) mass is 384 g/mol. The molecule has 0 unspecified atom stereocenters. The summed E-state index contributed by atoms with van der Waals surface area (Å²) in [7, 11) is 0. The first kappa shape index (κ1) is 18.5. The van der Waals surface area contributed by atoms with Gasteiger partial charge < -0.3 is 9.64 Å². The van der Waals surface area contributed by atoms with E-state index in [0.29, 0.717) is 25.6 Å². The molecule has 0 spiro atoms. The van der Waals surface area contributed by atoms with Crippen LogP contribution in [0.25, 0.3) is 0 Å². The number of aromatic nitrogens is 1. The van der Waals surface area contributed by atoms with Crippen LogP contribution in [0.5, 0.6) is 0 Å². The number of amides is 1. The van der Waals surface area contributed by atoms with Gasteiger partial charge in [-0.15, -0.1) is 0 Å². The van der Waals surface area contributed by atoms with E-state index >= 15 is 0 Å². The molecule has 2 aromatic rings. The van der Waals surface area contributed by atoms with Crippen molar-refractivity contribution in [2.24, 2.45) is 5.92 Å². The fourth-order valence-electron chi connectivity index (χ4n) is 4.05. The molecule has 1 saturated carbocycles. The molecule has 4 rings (SSSR count). The first-order valence-corrected chi connectivity index (χ1v) is 10.2. The molecule has 5 heteroatoms. The molecular formula is C22H25ClN2O2. The van der Waals surface area contributed by atoms with E-state index in [9.17, 15) is 4.79 Å². The topological polar surface area (TPSA) is 42.4 Å². The number of carbonyl (C=O) groups excluding carboxylic acids is 1. The maximum atomic E-state index is 12.7. The molecule has 2 aliphatic rings. The van der Waals surface area contributed by atoms with Gasteiger partial charge in [0.05, 0.1) is 18.8 Å².